The highest BCUT2D eigenvalue weighted by molar-refractivity contribution is 7.93. The van der Waals surface area contributed by atoms with E-state index in [1.54, 1.807) is 55.5 Å². The van der Waals surface area contributed by atoms with Crippen LogP contribution in [0.4, 0.5) is 11.4 Å². The molecule has 2 aromatic carbocycles. The summed E-state index contributed by atoms with van der Waals surface area (Å²) in [5.41, 5.74) is 1.97. The van der Waals surface area contributed by atoms with Crippen molar-refractivity contribution in [2.45, 2.75) is 25.5 Å². The van der Waals surface area contributed by atoms with E-state index < -0.39 is 32.7 Å². The van der Waals surface area contributed by atoms with Gasteiger partial charge >= 0.3 is 0 Å². The maximum Gasteiger partial charge on any atom is 0.242 e. The van der Waals surface area contributed by atoms with Crippen molar-refractivity contribution in [3.05, 3.63) is 60.2 Å². The number of anilines is 2. The second kappa shape index (κ2) is 8.62. The summed E-state index contributed by atoms with van der Waals surface area (Å²) in [7, 11) is -3.95. The number of benzene rings is 2. The quantitative estimate of drug-likeness (QED) is 0.779. The molecular formula is C19H22N2O4S. The van der Waals surface area contributed by atoms with Gasteiger partial charge in [-0.15, -0.1) is 0 Å². The second-order valence-corrected chi connectivity index (χ2v) is 8.16. The Morgan fingerprint density at radius 1 is 0.962 bits per heavy atom. The van der Waals surface area contributed by atoms with E-state index in [0.717, 1.165) is 5.56 Å². The van der Waals surface area contributed by atoms with E-state index >= 15 is 0 Å². The van der Waals surface area contributed by atoms with Gasteiger partial charge in [-0.3, -0.25) is 9.59 Å². The lowest BCUT2D eigenvalue weighted by Gasteiger charge is -2.16. The Hall–Kier alpha value is -2.67. The fraction of sp³-hybridized carbons (Fsp3) is 0.263. The van der Waals surface area contributed by atoms with Crippen molar-refractivity contribution in [2.75, 3.05) is 16.4 Å². The van der Waals surface area contributed by atoms with Crippen LogP contribution in [0.15, 0.2) is 54.6 Å². The zero-order chi connectivity index (χ0) is 19.2. The van der Waals surface area contributed by atoms with Gasteiger partial charge in [0.15, 0.2) is 9.84 Å². The molecule has 0 aliphatic heterocycles. The molecule has 0 aromatic heterocycles. The molecule has 0 fully saturated rings. The average molecular weight is 374 g/mol. The van der Waals surface area contributed by atoms with Crippen LogP contribution in [0.3, 0.4) is 0 Å². The highest BCUT2D eigenvalue weighted by Crippen LogP contribution is 2.14. The molecule has 2 N–H and O–H groups in total. The largest absolute Gasteiger partial charge is 0.325 e. The number of aryl methyl sites for hydroxylation is 1. The maximum absolute atomic E-state index is 12.5. The predicted molar refractivity (Wildman–Crippen MR) is 103 cm³/mol. The van der Waals surface area contributed by atoms with Crippen LogP contribution >= 0.6 is 0 Å². The number of hydrogen-bond donors (Lipinski definition) is 2. The van der Waals surface area contributed by atoms with Gasteiger partial charge in [0.1, 0.15) is 11.0 Å². The molecule has 6 nitrogen and oxygen atoms in total. The lowest BCUT2D eigenvalue weighted by Crippen LogP contribution is -2.39. The third-order valence-corrected chi connectivity index (χ3v) is 5.85. The molecule has 0 aliphatic rings. The molecule has 0 spiro atoms. The van der Waals surface area contributed by atoms with Crippen LogP contribution in [0.25, 0.3) is 0 Å². The first-order chi connectivity index (χ1) is 12.3. The van der Waals surface area contributed by atoms with Crippen molar-refractivity contribution in [3.63, 3.8) is 0 Å². The average Bonchev–Trinajstić information content (AvgIpc) is 2.55. The standard InChI is InChI=1S/C19H22N2O4S/c1-3-17(19(23)21-15-9-5-4-6-10-15)26(24,25)13-18(22)20-16-11-7-8-14(2)12-16/h4-12,17H,3,13H2,1-2H3,(H,20,22)(H,21,23). The van der Waals surface area contributed by atoms with Crippen molar-refractivity contribution in [1.29, 1.82) is 0 Å². The Balaban J connectivity index is 2.05. The molecule has 1 unspecified atom stereocenters. The normalized spacial score (nSPS) is 12.2. The van der Waals surface area contributed by atoms with E-state index in [9.17, 15) is 18.0 Å². The number of sulfone groups is 1. The van der Waals surface area contributed by atoms with Crippen molar-refractivity contribution in [1.82, 2.24) is 0 Å². The van der Waals surface area contributed by atoms with E-state index in [1.165, 1.54) is 0 Å². The van der Waals surface area contributed by atoms with Crippen LogP contribution in [0.2, 0.25) is 0 Å². The summed E-state index contributed by atoms with van der Waals surface area (Å²) in [4.78, 5) is 24.5. The fourth-order valence-electron chi connectivity index (χ4n) is 2.55. The minimum Gasteiger partial charge on any atom is -0.325 e. The Morgan fingerprint density at radius 3 is 2.23 bits per heavy atom. The Kier molecular flexibility index (Phi) is 6.52. The first kappa shape index (κ1) is 19.7. The number of para-hydroxylation sites is 1. The molecule has 26 heavy (non-hydrogen) atoms. The van der Waals surface area contributed by atoms with E-state index in [-0.39, 0.29) is 6.42 Å². The molecular weight excluding hydrogens is 352 g/mol. The maximum atomic E-state index is 12.5. The van der Waals surface area contributed by atoms with Crippen LogP contribution in [-0.2, 0) is 19.4 Å². The van der Waals surface area contributed by atoms with E-state index in [1.807, 2.05) is 13.0 Å². The lowest BCUT2D eigenvalue weighted by molar-refractivity contribution is -0.115. The third-order valence-electron chi connectivity index (χ3n) is 3.77. The molecule has 0 aliphatic carbocycles. The van der Waals surface area contributed by atoms with E-state index in [0.29, 0.717) is 11.4 Å². The summed E-state index contributed by atoms with van der Waals surface area (Å²) in [6, 6.07) is 15.7. The molecule has 7 heteroatoms. The Morgan fingerprint density at radius 2 is 1.62 bits per heavy atom. The van der Waals surface area contributed by atoms with Crippen molar-refractivity contribution < 1.29 is 18.0 Å². The van der Waals surface area contributed by atoms with Gasteiger partial charge in [0.05, 0.1) is 0 Å². The van der Waals surface area contributed by atoms with Crippen molar-refractivity contribution >= 4 is 33.0 Å². The number of rotatable bonds is 7. The van der Waals surface area contributed by atoms with Crippen LogP contribution in [0.1, 0.15) is 18.9 Å². The minimum atomic E-state index is -3.95. The van der Waals surface area contributed by atoms with Crippen molar-refractivity contribution in [3.8, 4) is 0 Å². The van der Waals surface area contributed by atoms with Gasteiger partial charge in [-0.2, -0.15) is 0 Å². The Bertz CT molecular complexity index is 879. The fourth-order valence-corrected chi connectivity index (χ4v) is 4.08. The number of nitrogens with one attached hydrogen (secondary N) is 2. The highest BCUT2D eigenvalue weighted by Gasteiger charge is 2.33. The molecule has 1 atom stereocenters. The lowest BCUT2D eigenvalue weighted by atomic mass is 10.2. The zero-order valence-corrected chi connectivity index (χ0v) is 15.5. The molecule has 0 heterocycles. The summed E-state index contributed by atoms with van der Waals surface area (Å²) in [6.07, 6.45) is 0.0821. The first-order valence-corrected chi connectivity index (χ1v) is 9.97. The van der Waals surface area contributed by atoms with Gasteiger partial charge in [0.25, 0.3) is 0 Å². The molecule has 2 amide bonds. The van der Waals surface area contributed by atoms with Crippen molar-refractivity contribution in [2.24, 2.45) is 0 Å². The highest BCUT2D eigenvalue weighted by atomic mass is 32.2. The summed E-state index contributed by atoms with van der Waals surface area (Å²) in [5.74, 6) is -2.05. The molecule has 138 valence electrons. The molecule has 0 saturated heterocycles. The molecule has 0 bridgehead atoms. The predicted octanol–water partition coefficient (Wildman–Crippen LogP) is 2.77. The first-order valence-electron chi connectivity index (χ1n) is 8.26. The zero-order valence-electron chi connectivity index (χ0n) is 14.7. The van der Waals surface area contributed by atoms with E-state index in [4.69, 9.17) is 0 Å². The smallest absolute Gasteiger partial charge is 0.242 e. The molecule has 2 aromatic rings. The van der Waals surface area contributed by atoms with Gasteiger partial charge in [0.2, 0.25) is 11.8 Å². The summed E-state index contributed by atoms with van der Waals surface area (Å²) in [5, 5.41) is 3.85. The summed E-state index contributed by atoms with van der Waals surface area (Å²) >= 11 is 0. The molecule has 2 rings (SSSR count). The monoisotopic (exact) mass is 374 g/mol. The molecule has 0 saturated carbocycles. The van der Waals surface area contributed by atoms with Crippen LogP contribution in [0.5, 0.6) is 0 Å². The number of carbonyl (C=O) groups is 2. The van der Waals surface area contributed by atoms with Gasteiger partial charge in [-0.25, -0.2) is 8.42 Å². The van der Waals surface area contributed by atoms with Crippen LogP contribution in [-0.4, -0.2) is 31.2 Å². The SMILES string of the molecule is CCC(C(=O)Nc1ccccc1)S(=O)(=O)CC(=O)Nc1cccc(C)c1. The number of carbonyl (C=O) groups excluding carboxylic acids is 2. The van der Waals surface area contributed by atoms with E-state index in [2.05, 4.69) is 10.6 Å². The van der Waals surface area contributed by atoms with Crippen LogP contribution in [0, 0.1) is 6.92 Å². The topological polar surface area (TPSA) is 92.3 Å². The third kappa shape index (κ3) is 5.42. The summed E-state index contributed by atoms with van der Waals surface area (Å²) < 4.78 is 25.1. The summed E-state index contributed by atoms with van der Waals surface area (Å²) in [6.45, 7) is 3.47. The van der Waals surface area contributed by atoms with Gasteiger partial charge in [0, 0.05) is 11.4 Å². The Labute approximate surface area is 153 Å². The molecule has 0 radical (unpaired) electrons. The number of hydrogen-bond acceptors (Lipinski definition) is 4. The van der Waals surface area contributed by atoms with Gasteiger partial charge < -0.3 is 10.6 Å². The van der Waals surface area contributed by atoms with Gasteiger partial charge in [-0.05, 0) is 43.2 Å². The van der Waals surface area contributed by atoms with Crippen LogP contribution < -0.4 is 10.6 Å². The van der Waals surface area contributed by atoms with Gasteiger partial charge in [-0.1, -0.05) is 37.3 Å². The second-order valence-electron chi connectivity index (χ2n) is 5.98. The minimum absolute atomic E-state index is 0.0821. The number of amides is 2.